The molecule has 2 saturated carbocycles. The number of aromatic nitrogens is 2. The number of hydrogen-bond donors (Lipinski definition) is 5. The Morgan fingerprint density at radius 3 is 2.09 bits per heavy atom. The van der Waals surface area contributed by atoms with Gasteiger partial charge in [-0.05, 0) is 96.2 Å². The first-order valence-corrected chi connectivity index (χ1v) is 19.9. The average Bonchev–Trinajstić information content (AvgIpc) is 4.15. The van der Waals surface area contributed by atoms with Gasteiger partial charge in [0.2, 0.25) is 0 Å². The standard InChI is InChI=1S/C31H26Cl2N6O3S.C4H8.C3H6.2C2H6/c1-39(2)21-8-13-27-28(17-21)36-30(35-27)24-15-19(7-12-25(24)32)34-31(41)23-11-6-20(16-26(23)33)38-43-22-9-3-18(4-10-22)5-14-29(40)37-42;1-4-2-3-4;1-2-3-1;2*1-2/h3-17,38,42H,1-2H3,(H,34,41)(H,35,36)(H,37,40);4H,2-3H2,1H3;1-3H2;2*1-2H3/b14-5+;;;;. The molecule has 0 aliphatic heterocycles. The van der Waals surface area contributed by atoms with E-state index in [0.29, 0.717) is 33.3 Å². The van der Waals surface area contributed by atoms with Crippen LogP contribution >= 0.6 is 35.1 Å². The Labute approximate surface area is 334 Å². The molecule has 0 unspecified atom stereocenters. The first-order chi connectivity index (χ1) is 26.1. The number of hydrogen-bond acceptors (Lipinski definition) is 7. The Morgan fingerprint density at radius 1 is 0.870 bits per heavy atom. The number of carbonyl (C=O) groups is 2. The van der Waals surface area contributed by atoms with Gasteiger partial charge in [0.15, 0.2) is 0 Å². The number of halogens is 2. The van der Waals surface area contributed by atoms with Gasteiger partial charge in [-0.1, -0.05) is 102 Å². The molecule has 1 heterocycles. The summed E-state index contributed by atoms with van der Waals surface area (Å²) in [7, 11) is 3.94. The van der Waals surface area contributed by atoms with Crippen LogP contribution in [0, 0.1) is 5.92 Å². The minimum atomic E-state index is -0.603. The maximum atomic E-state index is 13.1. The largest absolute Gasteiger partial charge is 0.378 e. The maximum absolute atomic E-state index is 13.1. The summed E-state index contributed by atoms with van der Waals surface area (Å²) in [4.78, 5) is 35.2. The highest BCUT2D eigenvalue weighted by atomic mass is 35.5. The molecule has 0 bridgehead atoms. The van der Waals surface area contributed by atoms with Crippen molar-refractivity contribution in [2.75, 3.05) is 29.0 Å². The summed E-state index contributed by atoms with van der Waals surface area (Å²) >= 11 is 14.4. The zero-order valence-corrected chi connectivity index (χ0v) is 34.4. The fourth-order valence-electron chi connectivity index (χ4n) is 4.29. The number of imidazole rings is 1. The summed E-state index contributed by atoms with van der Waals surface area (Å²) in [6.45, 7) is 10.3. The molecule has 0 radical (unpaired) electrons. The summed E-state index contributed by atoms with van der Waals surface area (Å²) in [6.07, 6.45) is 10.3. The van der Waals surface area contributed by atoms with Crippen molar-refractivity contribution in [2.45, 2.75) is 71.6 Å². The number of carbonyl (C=O) groups excluding carboxylic acids is 2. The van der Waals surface area contributed by atoms with Crippen molar-refractivity contribution in [3.63, 3.8) is 0 Å². The normalized spacial score (nSPS) is 12.3. The SMILES string of the molecule is C1CC1.CC.CC.CC1CC1.CN(C)c1ccc2[nH]c(-c3cc(NC(=O)c4ccc(NSc5ccc(/C=C/C(=O)NO)cc5)cc4Cl)ccc3Cl)nc2c1. The number of amides is 2. The van der Waals surface area contributed by atoms with Crippen molar-refractivity contribution in [1.82, 2.24) is 15.4 Å². The molecule has 5 aromatic rings. The molecule has 9 nitrogen and oxygen atoms in total. The first-order valence-electron chi connectivity index (χ1n) is 18.3. The number of H-pyrrole nitrogens is 1. The van der Waals surface area contributed by atoms with Crippen LogP contribution in [0.1, 0.15) is 82.6 Å². The summed E-state index contributed by atoms with van der Waals surface area (Å²) in [5.74, 6) is 0.711. The number of fused-ring (bicyclic) bond motifs is 1. The number of nitrogens with one attached hydrogen (secondary N) is 4. The smallest absolute Gasteiger partial charge is 0.267 e. The second-order valence-electron chi connectivity index (χ2n) is 12.4. The second kappa shape index (κ2) is 22.7. The Morgan fingerprint density at radius 2 is 1.52 bits per heavy atom. The number of anilines is 3. The fraction of sp³-hybridized carbons (Fsp3) is 0.310. The lowest BCUT2D eigenvalue weighted by Crippen LogP contribution is -2.14. The molecule has 5 N–H and O–H groups in total. The topological polar surface area (TPSA) is 122 Å². The van der Waals surface area contributed by atoms with E-state index in [0.717, 1.165) is 33.1 Å². The van der Waals surface area contributed by atoms with Crippen LogP contribution in [-0.4, -0.2) is 41.1 Å². The van der Waals surface area contributed by atoms with E-state index in [2.05, 4.69) is 21.9 Å². The van der Waals surface area contributed by atoms with E-state index in [4.69, 9.17) is 33.4 Å². The molecule has 2 aliphatic carbocycles. The number of rotatable bonds is 9. The van der Waals surface area contributed by atoms with Crippen LogP contribution in [0.2, 0.25) is 10.0 Å². The van der Waals surface area contributed by atoms with Crippen molar-refractivity contribution < 1.29 is 14.8 Å². The molecule has 54 heavy (non-hydrogen) atoms. The maximum Gasteiger partial charge on any atom is 0.267 e. The van der Waals surface area contributed by atoms with Crippen LogP contribution in [0.4, 0.5) is 17.1 Å². The van der Waals surface area contributed by atoms with E-state index in [1.165, 1.54) is 50.1 Å². The van der Waals surface area contributed by atoms with Gasteiger partial charge < -0.3 is 19.9 Å². The molecular formula is C42H52Cl2N6O3S. The monoisotopic (exact) mass is 790 g/mol. The molecule has 2 aliphatic rings. The van der Waals surface area contributed by atoms with Gasteiger partial charge in [-0.15, -0.1) is 0 Å². The lowest BCUT2D eigenvalue weighted by molar-refractivity contribution is -0.124. The van der Waals surface area contributed by atoms with Crippen molar-refractivity contribution in [3.05, 3.63) is 106 Å². The summed E-state index contributed by atoms with van der Waals surface area (Å²) in [5.41, 5.74) is 7.30. The number of aromatic amines is 1. The minimum absolute atomic E-state index is 0.286. The average molecular weight is 792 g/mol. The van der Waals surface area contributed by atoms with Crippen LogP contribution in [0.3, 0.4) is 0 Å². The lowest BCUT2D eigenvalue weighted by atomic mass is 10.1. The molecule has 288 valence electrons. The number of nitrogens with zero attached hydrogens (tertiary/aromatic N) is 2. The zero-order valence-electron chi connectivity index (χ0n) is 32.1. The van der Waals surface area contributed by atoms with Gasteiger partial charge >= 0.3 is 0 Å². The highest BCUT2D eigenvalue weighted by molar-refractivity contribution is 8.00. The zero-order chi connectivity index (χ0) is 39.6. The van der Waals surface area contributed by atoms with E-state index in [9.17, 15) is 9.59 Å². The van der Waals surface area contributed by atoms with Gasteiger partial charge in [-0.25, -0.2) is 10.5 Å². The highest BCUT2D eigenvalue weighted by Crippen LogP contribution is 2.32. The molecular weight excluding hydrogens is 739 g/mol. The van der Waals surface area contributed by atoms with E-state index >= 15 is 0 Å². The van der Waals surface area contributed by atoms with E-state index in [1.54, 1.807) is 48.0 Å². The van der Waals surface area contributed by atoms with Crippen LogP contribution in [-0.2, 0) is 4.79 Å². The molecule has 4 aromatic carbocycles. The lowest BCUT2D eigenvalue weighted by Gasteiger charge is -2.11. The minimum Gasteiger partial charge on any atom is -0.378 e. The van der Waals surface area contributed by atoms with Gasteiger partial charge in [-0.2, -0.15) is 0 Å². The van der Waals surface area contributed by atoms with E-state index < -0.39 is 5.91 Å². The van der Waals surface area contributed by atoms with E-state index in [-0.39, 0.29) is 10.9 Å². The molecule has 1 aromatic heterocycles. The van der Waals surface area contributed by atoms with Crippen molar-refractivity contribution in [1.29, 1.82) is 0 Å². The number of benzene rings is 4. The molecule has 12 heteroatoms. The summed E-state index contributed by atoms with van der Waals surface area (Å²) < 4.78 is 3.21. The van der Waals surface area contributed by atoms with Crippen molar-refractivity contribution in [3.8, 4) is 11.4 Å². The quantitative estimate of drug-likeness (QED) is 0.0436. The third-order valence-corrected chi connectivity index (χ3v) is 9.09. The van der Waals surface area contributed by atoms with Crippen LogP contribution in [0.5, 0.6) is 0 Å². The van der Waals surface area contributed by atoms with Crippen molar-refractivity contribution in [2.24, 2.45) is 5.92 Å². The van der Waals surface area contributed by atoms with E-state index in [1.807, 2.05) is 89.2 Å². The molecule has 2 fully saturated rings. The molecule has 2 amide bonds. The fourth-order valence-corrected chi connectivity index (χ4v) is 5.39. The summed E-state index contributed by atoms with van der Waals surface area (Å²) in [5, 5.41) is 12.2. The van der Waals surface area contributed by atoms with Gasteiger partial charge in [0.1, 0.15) is 5.82 Å². The molecule has 0 saturated heterocycles. The predicted molar refractivity (Wildman–Crippen MR) is 230 cm³/mol. The molecule has 0 atom stereocenters. The Kier molecular flexibility index (Phi) is 18.4. The van der Waals surface area contributed by atoms with Crippen LogP contribution < -0.4 is 20.4 Å². The van der Waals surface area contributed by atoms with Gasteiger partial charge in [0.25, 0.3) is 11.8 Å². The first kappa shape index (κ1) is 43.9. The molecule has 7 rings (SSSR count). The van der Waals surface area contributed by atoms with Crippen LogP contribution in [0.15, 0.2) is 89.8 Å². The third kappa shape index (κ3) is 14.4. The number of hydroxylamine groups is 1. The van der Waals surface area contributed by atoms with Crippen LogP contribution in [0.25, 0.3) is 28.5 Å². The van der Waals surface area contributed by atoms with Gasteiger partial charge in [-0.3, -0.25) is 14.8 Å². The third-order valence-electron chi connectivity index (χ3n) is 7.60. The molecule has 0 spiro atoms. The Bertz CT molecular complexity index is 1970. The second-order valence-corrected chi connectivity index (χ2v) is 14.0. The van der Waals surface area contributed by atoms with Gasteiger partial charge in [0.05, 0.1) is 26.6 Å². The Balaban J connectivity index is 0.000000623. The van der Waals surface area contributed by atoms with Gasteiger partial charge in [0, 0.05) is 47.7 Å². The predicted octanol–water partition coefficient (Wildman–Crippen LogP) is 12.1. The highest BCUT2D eigenvalue weighted by Gasteiger charge is 2.15. The Hall–Kier alpha value is -4.48. The van der Waals surface area contributed by atoms with Crippen molar-refractivity contribution >= 4 is 81.1 Å². The summed E-state index contributed by atoms with van der Waals surface area (Å²) in [6, 6.07) is 23.7.